The fourth-order valence-electron chi connectivity index (χ4n) is 8.70. The van der Waals surface area contributed by atoms with Gasteiger partial charge in [0.25, 0.3) is 5.90 Å². The van der Waals surface area contributed by atoms with Crippen LogP contribution < -0.4 is 0 Å². The fourth-order valence-corrected chi connectivity index (χ4v) is 8.70. The van der Waals surface area contributed by atoms with Crippen molar-refractivity contribution in [2.45, 2.75) is 104 Å². The number of aliphatic imine (C=N–C) groups is 1. The molecule has 3 nitrogen and oxygen atoms in total. The van der Waals surface area contributed by atoms with Crippen molar-refractivity contribution < 1.29 is 22.7 Å². The van der Waals surface area contributed by atoms with E-state index in [9.17, 15) is 18.0 Å². The van der Waals surface area contributed by atoms with Crippen molar-refractivity contribution >= 4 is 11.9 Å². The van der Waals surface area contributed by atoms with E-state index in [4.69, 9.17) is 0 Å². The fraction of sp³-hybridized carbons (Fsp3) is 0.920. The van der Waals surface area contributed by atoms with Gasteiger partial charge in [-0.05, 0) is 98.7 Å². The summed E-state index contributed by atoms with van der Waals surface area (Å²) in [5.74, 6) is 0.662. The summed E-state index contributed by atoms with van der Waals surface area (Å²) in [7, 11) is 0. The van der Waals surface area contributed by atoms with Crippen LogP contribution in [0.25, 0.3) is 0 Å². The van der Waals surface area contributed by atoms with Gasteiger partial charge < -0.3 is 4.74 Å². The number of alkyl halides is 3. The van der Waals surface area contributed by atoms with E-state index in [1.807, 2.05) is 0 Å². The lowest BCUT2D eigenvalue weighted by atomic mass is 9.44. The van der Waals surface area contributed by atoms with Gasteiger partial charge in [0.15, 0.2) is 0 Å². The number of hydrogen-bond donors (Lipinski definition) is 0. The minimum Gasteiger partial charge on any atom is -0.403 e. The summed E-state index contributed by atoms with van der Waals surface area (Å²) in [6, 6.07) is -0.510. The molecule has 0 radical (unpaired) electrons. The SMILES string of the molecule is CC(=O)OC(=NC(C)[C@H]1CC[C@@H]2[C@@H]3CC[C@@H]4CCCC[C@]4(C)[C@H]3CC[C@]12C)C(F)(F)F. The summed E-state index contributed by atoms with van der Waals surface area (Å²) in [4.78, 5) is 15.1. The number of ether oxygens (including phenoxy) is 1. The summed E-state index contributed by atoms with van der Waals surface area (Å²) in [6.07, 6.45) is 7.63. The highest BCUT2D eigenvalue weighted by atomic mass is 19.4. The first-order valence-corrected chi connectivity index (χ1v) is 12.3. The number of nitrogens with zero attached hydrogens (tertiary/aromatic N) is 1. The Hall–Kier alpha value is -1.07. The van der Waals surface area contributed by atoms with Gasteiger partial charge in [0.05, 0.1) is 6.04 Å². The molecule has 8 atom stereocenters. The first-order valence-electron chi connectivity index (χ1n) is 12.3. The Balaban J connectivity index is 1.56. The zero-order valence-electron chi connectivity index (χ0n) is 19.4. The van der Waals surface area contributed by atoms with Crippen LogP contribution in [0, 0.1) is 40.4 Å². The van der Waals surface area contributed by atoms with Crippen molar-refractivity contribution in [3.05, 3.63) is 0 Å². The molecule has 1 unspecified atom stereocenters. The molecule has 0 aromatic carbocycles. The van der Waals surface area contributed by atoms with E-state index < -0.39 is 24.1 Å². The molecular formula is C25H38F3NO2. The van der Waals surface area contributed by atoms with Crippen molar-refractivity contribution in [3.63, 3.8) is 0 Å². The predicted molar refractivity (Wildman–Crippen MR) is 115 cm³/mol. The summed E-state index contributed by atoms with van der Waals surface area (Å²) in [5, 5.41) is 0. The highest BCUT2D eigenvalue weighted by molar-refractivity contribution is 5.91. The quantitative estimate of drug-likeness (QED) is 0.264. The number of hydrogen-bond acceptors (Lipinski definition) is 3. The first-order chi connectivity index (χ1) is 14.5. The third-order valence-corrected chi connectivity index (χ3v) is 10.0. The monoisotopic (exact) mass is 441 g/mol. The molecule has 0 heterocycles. The Labute approximate surface area is 184 Å². The lowest BCUT2D eigenvalue weighted by Gasteiger charge is -2.60. The maximum Gasteiger partial charge on any atom is 0.468 e. The normalized spacial score (nSPS) is 44.1. The Morgan fingerprint density at radius 1 is 0.968 bits per heavy atom. The zero-order valence-corrected chi connectivity index (χ0v) is 19.4. The molecule has 0 amide bonds. The topological polar surface area (TPSA) is 38.7 Å². The van der Waals surface area contributed by atoms with E-state index in [2.05, 4.69) is 23.6 Å². The van der Waals surface area contributed by atoms with E-state index in [1.54, 1.807) is 6.92 Å². The van der Waals surface area contributed by atoms with Gasteiger partial charge in [0.1, 0.15) is 0 Å². The Morgan fingerprint density at radius 3 is 2.35 bits per heavy atom. The Bertz CT molecular complexity index is 735. The second-order valence-electron chi connectivity index (χ2n) is 11.4. The van der Waals surface area contributed by atoms with Gasteiger partial charge in [-0.25, -0.2) is 4.99 Å². The van der Waals surface area contributed by atoms with Gasteiger partial charge in [-0.3, -0.25) is 4.79 Å². The van der Waals surface area contributed by atoms with Gasteiger partial charge in [0.2, 0.25) is 0 Å². The van der Waals surface area contributed by atoms with Gasteiger partial charge >= 0.3 is 12.1 Å². The average Bonchev–Trinajstić information content (AvgIpc) is 3.03. The van der Waals surface area contributed by atoms with Crippen molar-refractivity contribution in [1.29, 1.82) is 0 Å². The van der Waals surface area contributed by atoms with Gasteiger partial charge in [-0.2, -0.15) is 13.2 Å². The third-order valence-electron chi connectivity index (χ3n) is 10.0. The average molecular weight is 442 g/mol. The maximum absolute atomic E-state index is 13.4. The van der Waals surface area contributed by atoms with Crippen LogP contribution in [0.1, 0.15) is 91.9 Å². The first kappa shape index (κ1) is 23.1. The molecule has 0 aliphatic heterocycles. The summed E-state index contributed by atoms with van der Waals surface area (Å²) >= 11 is 0. The standard InChI is InChI=1S/C25H38F3NO2/c1-15(29-22(25(26,27)28)31-16(2)30)19-10-11-20-18-9-8-17-7-5-6-13-23(17,3)21(18)12-14-24(19,20)4/h15,17-21H,5-14H2,1-4H3/t15?,17-,18-,19+,20+,21-,23-,24+/m0/s1. The van der Waals surface area contributed by atoms with Crippen molar-refractivity contribution in [3.8, 4) is 0 Å². The minimum atomic E-state index is -4.75. The molecule has 4 fully saturated rings. The van der Waals surface area contributed by atoms with E-state index in [-0.39, 0.29) is 11.3 Å². The number of carbonyl (C=O) groups is 1. The summed E-state index contributed by atoms with van der Waals surface area (Å²) in [6.45, 7) is 7.62. The molecule has 4 saturated carbocycles. The molecule has 4 aliphatic rings. The molecule has 176 valence electrons. The number of esters is 1. The molecule has 31 heavy (non-hydrogen) atoms. The second kappa shape index (κ2) is 8.06. The van der Waals surface area contributed by atoms with E-state index in [1.165, 1.54) is 44.9 Å². The van der Waals surface area contributed by atoms with E-state index in [0.29, 0.717) is 17.3 Å². The number of rotatable bonds is 2. The molecule has 4 aliphatic carbocycles. The Morgan fingerprint density at radius 2 is 1.68 bits per heavy atom. The maximum atomic E-state index is 13.4. The van der Waals surface area contributed by atoms with Crippen LogP contribution >= 0.6 is 0 Å². The molecule has 0 N–H and O–H groups in total. The smallest absolute Gasteiger partial charge is 0.403 e. The molecule has 0 aromatic heterocycles. The van der Waals surface area contributed by atoms with Gasteiger partial charge in [-0.15, -0.1) is 0 Å². The lowest BCUT2D eigenvalue weighted by Crippen LogP contribution is -2.53. The van der Waals surface area contributed by atoms with Crippen LogP contribution in [-0.4, -0.2) is 24.1 Å². The van der Waals surface area contributed by atoms with Crippen molar-refractivity contribution in [2.24, 2.45) is 45.4 Å². The summed E-state index contributed by atoms with van der Waals surface area (Å²) < 4.78 is 44.6. The van der Waals surface area contributed by atoms with Gasteiger partial charge in [0, 0.05) is 6.92 Å². The molecule has 6 heteroatoms. The number of carbonyl (C=O) groups excluding carboxylic acids is 1. The van der Waals surface area contributed by atoms with Crippen molar-refractivity contribution in [1.82, 2.24) is 0 Å². The largest absolute Gasteiger partial charge is 0.468 e. The number of halogens is 3. The van der Waals surface area contributed by atoms with Crippen LogP contribution in [0.3, 0.4) is 0 Å². The highest BCUT2D eigenvalue weighted by Gasteiger charge is 2.60. The molecule has 4 rings (SSSR count). The molecular weight excluding hydrogens is 403 g/mol. The van der Waals surface area contributed by atoms with Crippen LogP contribution in [0.4, 0.5) is 13.2 Å². The van der Waals surface area contributed by atoms with Crippen LogP contribution in [0.5, 0.6) is 0 Å². The van der Waals surface area contributed by atoms with Crippen LogP contribution in [0.15, 0.2) is 4.99 Å². The van der Waals surface area contributed by atoms with E-state index >= 15 is 0 Å². The molecule has 0 saturated heterocycles. The second-order valence-corrected chi connectivity index (χ2v) is 11.4. The lowest BCUT2D eigenvalue weighted by molar-refractivity contribution is -0.139. The van der Waals surface area contributed by atoms with E-state index in [0.717, 1.165) is 38.0 Å². The van der Waals surface area contributed by atoms with Crippen LogP contribution in [0.2, 0.25) is 0 Å². The molecule has 0 bridgehead atoms. The Kier molecular flexibility index (Phi) is 6.00. The van der Waals surface area contributed by atoms with Gasteiger partial charge in [-0.1, -0.05) is 26.7 Å². The molecule has 0 spiro atoms. The number of fused-ring (bicyclic) bond motifs is 5. The molecule has 0 aromatic rings. The minimum absolute atomic E-state index is 0.0227. The third kappa shape index (κ3) is 3.94. The zero-order chi connectivity index (χ0) is 22.6. The summed E-state index contributed by atoms with van der Waals surface area (Å²) in [5.41, 5.74) is 0.484. The predicted octanol–water partition coefficient (Wildman–Crippen LogP) is 6.95. The highest BCUT2D eigenvalue weighted by Crippen LogP contribution is 2.67. The van der Waals surface area contributed by atoms with Crippen LogP contribution in [-0.2, 0) is 9.53 Å². The van der Waals surface area contributed by atoms with Crippen molar-refractivity contribution in [2.75, 3.05) is 0 Å².